The quantitative estimate of drug-likeness (QED) is 0.457. The van der Waals surface area contributed by atoms with Crippen LogP contribution in [0.5, 0.6) is 0 Å². The molecule has 3 aromatic rings. The molecular formula is C20H19N3O3. The number of carbonyl (C=O) groups excluding carboxylic acids is 1. The summed E-state index contributed by atoms with van der Waals surface area (Å²) in [6, 6.07) is 15.5. The molecule has 0 fully saturated rings. The van der Waals surface area contributed by atoms with E-state index in [4.69, 9.17) is 5.11 Å². The van der Waals surface area contributed by atoms with E-state index in [0.717, 1.165) is 33.5 Å². The van der Waals surface area contributed by atoms with Crippen LogP contribution in [0.15, 0.2) is 48.5 Å². The van der Waals surface area contributed by atoms with Crippen LogP contribution in [0.4, 0.5) is 11.4 Å². The van der Waals surface area contributed by atoms with Crippen molar-refractivity contribution in [1.82, 2.24) is 4.98 Å². The molecule has 1 aliphatic heterocycles. The van der Waals surface area contributed by atoms with Crippen LogP contribution in [-0.2, 0) is 4.79 Å². The molecule has 1 amide bonds. The Morgan fingerprint density at radius 3 is 2.81 bits per heavy atom. The third-order valence-electron chi connectivity index (χ3n) is 4.41. The summed E-state index contributed by atoms with van der Waals surface area (Å²) in [6.45, 7) is -0.0682. The van der Waals surface area contributed by atoms with Crippen LogP contribution >= 0.6 is 0 Å². The van der Waals surface area contributed by atoms with E-state index in [1.54, 1.807) is 0 Å². The molecule has 132 valence electrons. The molecule has 26 heavy (non-hydrogen) atoms. The summed E-state index contributed by atoms with van der Waals surface area (Å²) in [5, 5.41) is 25.4. The molecule has 0 radical (unpaired) electrons. The number of aromatic amines is 1. The first-order valence-corrected chi connectivity index (χ1v) is 8.42. The lowest BCUT2D eigenvalue weighted by atomic mass is 10.0. The molecule has 1 unspecified atom stereocenters. The Balaban J connectivity index is 1.67. The number of aliphatic hydroxyl groups excluding tert-OH is 2. The van der Waals surface area contributed by atoms with Gasteiger partial charge in [-0.2, -0.15) is 0 Å². The fourth-order valence-electron chi connectivity index (χ4n) is 3.07. The average Bonchev–Trinajstić information content (AvgIpc) is 3.20. The Labute approximate surface area is 150 Å². The Hall–Kier alpha value is -3.09. The number of fused-ring (bicyclic) bond motifs is 2. The van der Waals surface area contributed by atoms with Gasteiger partial charge in [0.2, 0.25) is 0 Å². The van der Waals surface area contributed by atoms with E-state index in [2.05, 4.69) is 15.6 Å². The Morgan fingerprint density at radius 1 is 1.15 bits per heavy atom. The number of para-hydroxylation sites is 1. The highest BCUT2D eigenvalue weighted by molar-refractivity contribution is 6.35. The number of aromatic nitrogens is 1. The van der Waals surface area contributed by atoms with Crippen LogP contribution in [0.1, 0.15) is 11.3 Å². The average molecular weight is 349 g/mol. The molecule has 1 atom stereocenters. The number of amides is 1. The second kappa shape index (κ2) is 6.67. The van der Waals surface area contributed by atoms with Gasteiger partial charge in [0, 0.05) is 34.7 Å². The smallest absolute Gasteiger partial charge is 0.256 e. The van der Waals surface area contributed by atoms with Gasteiger partial charge in [-0.15, -0.1) is 0 Å². The summed E-state index contributed by atoms with van der Waals surface area (Å²) in [4.78, 5) is 15.7. The summed E-state index contributed by atoms with van der Waals surface area (Å²) in [5.74, 6) is -0.147. The molecule has 0 saturated carbocycles. The zero-order chi connectivity index (χ0) is 18.1. The van der Waals surface area contributed by atoms with E-state index < -0.39 is 6.10 Å². The van der Waals surface area contributed by atoms with Crippen LogP contribution in [0.3, 0.4) is 0 Å². The van der Waals surface area contributed by atoms with E-state index in [1.807, 2.05) is 54.6 Å². The minimum Gasteiger partial charge on any atom is -0.394 e. The molecule has 2 heterocycles. The summed E-state index contributed by atoms with van der Waals surface area (Å²) < 4.78 is 0. The van der Waals surface area contributed by atoms with Gasteiger partial charge in [-0.3, -0.25) is 4.79 Å². The molecule has 4 rings (SSSR count). The van der Waals surface area contributed by atoms with Crippen LogP contribution in [-0.4, -0.2) is 40.4 Å². The SMILES string of the molecule is O=C1Nc2ccc(NCC(O)CO)cc2/C1=C/c1cc2ccccc2[nH]1. The predicted molar refractivity (Wildman–Crippen MR) is 103 cm³/mol. The summed E-state index contributed by atoms with van der Waals surface area (Å²) in [7, 11) is 0. The minimum absolute atomic E-state index is 0.147. The van der Waals surface area contributed by atoms with E-state index in [9.17, 15) is 9.90 Å². The standard InChI is InChI=1S/C20H19N3O3/c24-11-15(25)10-21-13-5-6-19-16(8-13)17(20(26)23-19)9-14-7-12-3-1-2-4-18(12)22-14/h1-9,15,21-22,24-25H,10-11H2,(H,23,26)/b17-9-. The number of hydrogen-bond acceptors (Lipinski definition) is 4. The van der Waals surface area contributed by atoms with Crippen molar-refractivity contribution in [1.29, 1.82) is 0 Å². The number of anilines is 2. The maximum atomic E-state index is 12.4. The monoisotopic (exact) mass is 349 g/mol. The number of benzene rings is 2. The van der Waals surface area contributed by atoms with Crippen LogP contribution < -0.4 is 10.6 Å². The topological polar surface area (TPSA) is 97.4 Å². The number of aliphatic hydroxyl groups is 2. The van der Waals surface area contributed by atoms with Crippen LogP contribution in [0.2, 0.25) is 0 Å². The lowest BCUT2D eigenvalue weighted by Crippen LogP contribution is -2.22. The second-order valence-corrected chi connectivity index (χ2v) is 6.30. The van der Waals surface area contributed by atoms with Crippen molar-refractivity contribution in [2.75, 3.05) is 23.8 Å². The maximum absolute atomic E-state index is 12.4. The minimum atomic E-state index is -0.829. The number of nitrogens with one attached hydrogen (secondary N) is 3. The van der Waals surface area contributed by atoms with Crippen molar-refractivity contribution in [3.8, 4) is 0 Å². The van der Waals surface area contributed by atoms with E-state index in [1.165, 1.54) is 0 Å². The van der Waals surface area contributed by atoms with Gasteiger partial charge >= 0.3 is 0 Å². The fraction of sp³-hybridized carbons (Fsp3) is 0.150. The Morgan fingerprint density at radius 2 is 2.00 bits per heavy atom. The third kappa shape index (κ3) is 3.08. The Kier molecular flexibility index (Phi) is 4.20. The van der Waals surface area contributed by atoms with Crippen LogP contribution in [0.25, 0.3) is 22.6 Å². The number of carbonyl (C=O) groups is 1. The maximum Gasteiger partial charge on any atom is 0.256 e. The molecule has 0 aliphatic carbocycles. The normalized spacial score (nSPS) is 15.9. The van der Waals surface area contributed by atoms with Gasteiger partial charge < -0.3 is 25.8 Å². The van der Waals surface area contributed by atoms with Gasteiger partial charge in [-0.1, -0.05) is 18.2 Å². The zero-order valence-electron chi connectivity index (χ0n) is 14.0. The van der Waals surface area contributed by atoms with Gasteiger partial charge in [0.1, 0.15) is 0 Å². The highest BCUT2D eigenvalue weighted by Gasteiger charge is 2.24. The zero-order valence-corrected chi connectivity index (χ0v) is 14.0. The van der Waals surface area contributed by atoms with Gasteiger partial charge in [-0.05, 0) is 41.8 Å². The lowest BCUT2D eigenvalue weighted by molar-refractivity contribution is -0.110. The summed E-state index contributed by atoms with van der Waals surface area (Å²) in [5.41, 5.74) is 4.79. The van der Waals surface area contributed by atoms with Crippen molar-refractivity contribution in [2.45, 2.75) is 6.10 Å². The number of H-pyrrole nitrogens is 1. The van der Waals surface area contributed by atoms with Crippen molar-refractivity contribution in [3.63, 3.8) is 0 Å². The molecule has 1 aromatic heterocycles. The molecule has 0 saturated heterocycles. The number of rotatable bonds is 5. The molecular weight excluding hydrogens is 330 g/mol. The fourth-order valence-corrected chi connectivity index (χ4v) is 3.07. The molecule has 0 bridgehead atoms. The van der Waals surface area contributed by atoms with E-state index >= 15 is 0 Å². The highest BCUT2D eigenvalue weighted by Crippen LogP contribution is 2.35. The Bertz CT molecular complexity index is 973. The van der Waals surface area contributed by atoms with Gasteiger partial charge in [0.25, 0.3) is 5.91 Å². The molecule has 6 heteroatoms. The first kappa shape index (κ1) is 16.4. The van der Waals surface area contributed by atoms with Crippen molar-refractivity contribution in [2.24, 2.45) is 0 Å². The van der Waals surface area contributed by atoms with Crippen molar-refractivity contribution in [3.05, 3.63) is 59.8 Å². The molecule has 0 spiro atoms. The number of hydrogen-bond donors (Lipinski definition) is 5. The first-order valence-electron chi connectivity index (χ1n) is 8.42. The van der Waals surface area contributed by atoms with E-state index in [0.29, 0.717) is 5.57 Å². The van der Waals surface area contributed by atoms with Crippen molar-refractivity contribution < 1.29 is 15.0 Å². The van der Waals surface area contributed by atoms with E-state index in [-0.39, 0.29) is 19.1 Å². The van der Waals surface area contributed by atoms with Gasteiger partial charge in [0.15, 0.2) is 0 Å². The van der Waals surface area contributed by atoms with Gasteiger partial charge in [-0.25, -0.2) is 0 Å². The van der Waals surface area contributed by atoms with Crippen LogP contribution in [0, 0.1) is 0 Å². The predicted octanol–water partition coefficient (Wildman–Crippen LogP) is 2.43. The molecule has 1 aliphatic rings. The van der Waals surface area contributed by atoms with Gasteiger partial charge in [0.05, 0.1) is 18.3 Å². The largest absolute Gasteiger partial charge is 0.394 e. The summed E-state index contributed by atoms with van der Waals surface area (Å²) >= 11 is 0. The molecule has 5 N–H and O–H groups in total. The third-order valence-corrected chi connectivity index (χ3v) is 4.41. The molecule has 2 aromatic carbocycles. The highest BCUT2D eigenvalue weighted by atomic mass is 16.3. The molecule has 6 nitrogen and oxygen atoms in total. The second-order valence-electron chi connectivity index (χ2n) is 6.30. The first-order chi connectivity index (χ1) is 12.6. The summed E-state index contributed by atoms with van der Waals surface area (Å²) in [6.07, 6.45) is 1.01. The lowest BCUT2D eigenvalue weighted by Gasteiger charge is -2.11. The van der Waals surface area contributed by atoms with Crippen molar-refractivity contribution >= 4 is 39.8 Å².